The smallest absolute Gasteiger partial charge is 0.0890 e. The van der Waals surface area contributed by atoms with E-state index < -0.39 is 6.10 Å². The fourth-order valence-electron chi connectivity index (χ4n) is 1.57. The molecule has 0 aliphatic heterocycles. The Kier molecular flexibility index (Phi) is 4.37. The molecule has 2 heteroatoms. The number of benzene rings is 1. The van der Waals surface area contributed by atoms with Gasteiger partial charge in [-0.1, -0.05) is 31.2 Å². The Morgan fingerprint density at radius 3 is 2.87 bits per heavy atom. The summed E-state index contributed by atoms with van der Waals surface area (Å²) >= 11 is 0. The molecule has 0 heterocycles. The topological polar surface area (TPSA) is 32.3 Å². The van der Waals surface area contributed by atoms with Crippen LogP contribution >= 0.6 is 0 Å². The second-order valence-corrected chi connectivity index (χ2v) is 3.65. The normalized spacial score (nSPS) is 12.2. The summed E-state index contributed by atoms with van der Waals surface area (Å²) < 4.78 is 0. The monoisotopic (exact) mass is 205 g/mol. The molecule has 2 N–H and O–H groups in total. The van der Waals surface area contributed by atoms with Gasteiger partial charge in [0.25, 0.3) is 0 Å². The first-order valence-electron chi connectivity index (χ1n) is 5.32. The van der Waals surface area contributed by atoms with E-state index >= 15 is 0 Å². The lowest BCUT2D eigenvalue weighted by molar-refractivity contribution is 0.237. The molecular weight excluding hydrogens is 186 g/mol. The third-order valence-corrected chi connectivity index (χ3v) is 2.50. The molecule has 0 saturated carbocycles. The second-order valence-electron chi connectivity index (χ2n) is 3.65. The molecule has 2 nitrogen and oxygen atoms in total. The Hall–Kier alpha value is -1.28. The highest BCUT2D eigenvalue weighted by Crippen LogP contribution is 2.20. The Labute approximate surface area is 91.6 Å². The van der Waals surface area contributed by atoms with Crippen molar-refractivity contribution in [3.8, 4) is 0 Å². The van der Waals surface area contributed by atoms with Gasteiger partial charge in [-0.3, -0.25) is 0 Å². The van der Waals surface area contributed by atoms with Gasteiger partial charge in [-0.2, -0.15) is 0 Å². The minimum atomic E-state index is -0.491. The van der Waals surface area contributed by atoms with E-state index in [9.17, 15) is 5.11 Å². The van der Waals surface area contributed by atoms with Gasteiger partial charge in [-0.15, -0.1) is 6.58 Å². The molecule has 0 saturated heterocycles. The lowest BCUT2D eigenvalue weighted by atomic mass is 10.1. The predicted octanol–water partition coefficient (Wildman–Crippen LogP) is 2.52. The van der Waals surface area contributed by atoms with Gasteiger partial charge in [-0.25, -0.2) is 0 Å². The van der Waals surface area contributed by atoms with Crippen molar-refractivity contribution < 1.29 is 5.11 Å². The van der Waals surface area contributed by atoms with E-state index in [1.165, 1.54) is 17.2 Å². The summed E-state index contributed by atoms with van der Waals surface area (Å²) in [6.45, 7) is 8.26. The molecule has 0 fully saturated rings. The van der Waals surface area contributed by atoms with Crippen molar-refractivity contribution in [1.82, 2.24) is 0 Å². The van der Waals surface area contributed by atoms with Crippen LogP contribution in [0.2, 0.25) is 0 Å². The highest BCUT2D eigenvalue weighted by molar-refractivity contribution is 5.57. The zero-order chi connectivity index (χ0) is 11.3. The highest BCUT2D eigenvalue weighted by atomic mass is 16.3. The van der Waals surface area contributed by atoms with Crippen molar-refractivity contribution in [3.05, 3.63) is 42.0 Å². The van der Waals surface area contributed by atoms with Crippen LogP contribution in [-0.2, 0) is 6.42 Å². The minimum Gasteiger partial charge on any atom is -0.387 e. The zero-order valence-corrected chi connectivity index (χ0v) is 9.46. The van der Waals surface area contributed by atoms with Crippen molar-refractivity contribution >= 4 is 5.69 Å². The molecule has 0 aliphatic carbocycles. The SMILES string of the molecule is C=CC(O)CNc1c(C)cccc1CC. The molecule has 1 atom stereocenters. The van der Waals surface area contributed by atoms with Crippen molar-refractivity contribution in [2.75, 3.05) is 11.9 Å². The van der Waals surface area contributed by atoms with Crippen molar-refractivity contribution in [1.29, 1.82) is 0 Å². The summed E-state index contributed by atoms with van der Waals surface area (Å²) in [4.78, 5) is 0. The van der Waals surface area contributed by atoms with E-state index in [0.29, 0.717) is 6.54 Å². The lowest BCUT2D eigenvalue weighted by Gasteiger charge is -2.15. The van der Waals surface area contributed by atoms with E-state index in [1.54, 1.807) is 0 Å². The van der Waals surface area contributed by atoms with Gasteiger partial charge in [-0.05, 0) is 24.5 Å². The van der Waals surface area contributed by atoms with E-state index in [1.807, 2.05) is 0 Å². The molecule has 1 aromatic rings. The van der Waals surface area contributed by atoms with E-state index in [-0.39, 0.29) is 0 Å². The first-order valence-corrected chi connectivity index (χ1v) is 5.32. The van der Waals surface area contributed by atoms with Crippen molar-refractivity contribution in [2.45, 2.75) is 26.4 Å². The lowest BCUT2D eigenvalue weighted by Crippen LogP contribution is -2.17. The standard InChI is InChI=1S/C13H19NO/c1-4-11-8-6-7-10(3)13(11)14-9-12(15)5-2/h5-8,12,14-15H,2,4,9H2,1,3H3. The number of nitrogens with one attached hydrogen (secondary N) is 1. The van der Waals surface area contributed by atoms with Gasteiger partial charge < -0.3 is 10.4 Å². The van der Waals surface area contributed by atoms with E-state index in [4.69, 9.17) is 0 Å². The van der Waals surface area contributed by atoms with Crippen LogP contribution in [0.3, 0.4) is 0 Å². The van der Waals surface area contributed by atoms with Crippen molar-refractivity contribution in [3.63, 3.8) is 0 Å². The van der Waals surface area contributed by atoms with Gasteiger partial charge in [0.2, 0.25) is 0 Å². The van der Waals surface area contributed by atoms with Gasteiger partial charge >= 0.3 is 0 Å². The first-order chi connectivity index (χ1) is 7.19. The van der Waals surface area contributed by atoms with Crippen LogP contribution in [0.4, 0.5) is 5.69 Å². The Balaban J connectivity index is 2.78. The summed E-state index contributed by atoms with van der Waals surface area (Å²) in [7, 11) is 0. The quantitative estimate of drug-likeness (QED) is 0.724. The van der Waals surface area contributed by atoms with Crippen LogP contribution in [0, 0.1) is 6.92 Å². The summed E-state index contributed by atoms with van der Waals surface area (Å²) in [5, 5.41) is 12.7. The van der Waals surface area contributed by atoms with Gasteiger partial charge in [0.15, 0.2) is 0 Å². The molecule has 82 valence electrons. The number of aliphatic hydroxyl groups excluding tert-OH is 1. The second kappa shape index (κ2) is 5.56. The summed E-state index contributed by atoms with van der Waals surface area (Å²) in [6.07, 6.45) is 2.04. The number of aliphatic hydroxyl groups is 1. The number of anilines is 1. The molecule has 0 amide bonds. The average Bonchev–Trinajstić information content (AvgIpc) is 2.26. The molecular formula is C13H19NO. The third-order valence-electron chi connectivity index (χ3n) is 2.50. The van der Waals surface area contributed by atoms with Crippen LogP contribution in [0.5, 0.6) is 0 Å². The van der Waals surface area contributed by atoms with Crippen LogP contribution in [0.25, 0.3) is 0 Å². The fourth-order valence-corrected chi connectivity index (χ4v) is 1.57. The van der Waals surface area contributed by atoms with Crippen LogP contribution in [0.1, 0.15) is 18.1 Å². The number of rotatable bonds is 5. The number of hydrogen-bond donors (Lipinski definition) is 2. The first kappa shape index (κ1) is 11.8. The van der Waals surface area contributed by atoms with Crippen LogP contribution in [0.15, 0.2) is 30.9 Å². The highest BCUT2D eigenvalue weighted by Gasteiger charge is 2.04. The summed E-state index contributed by atoms with van der Waals surface area (Å²) in [5.41, 5.74) is 3.64. The third kappa shape index (κ3) is 3.10. The van der Waals surface area contributed by atoms with Crippen molar-refractivity contribution in [2.24, 2.45) is 0 Å². The maximum absolute atomic E-state index is 9.39. The molecule has 1 aromatic carbocycles. The van der Waals surface area contributed by atoms with Gasteiger partial charge in [0.1, 0.15) is 0 Å². The van der Waals surface area contributed by atoms with Crippen LogP contribution in [-0.4, -0.2) is 17.8 Å². The molecule has 15 heavy (non-hydrogen) atoms. The minimum absolute atomic E-state index is 0.491. The maximum atomic E-state index is 9.39. The van der Waals surface area contributed by atoms with E-state index in [0.717, 1.165) is 12.1 Å². The van der Waals surface area contributed by atoms with Gasteiger partial charge in [0.05, 0.1) is 6.10 Å². The molecule has 1 unspecified atom stereocenters. The Morgan fingerprint density at radius 1 is 1.53 bits per heavy atom. The molecule has 0 aromatic heterocycles. The van der Waals surface area contributed by atoms with Gasteiger partial charge in [0, 0.05) is 12.2 Å². The molecule has 1 rings (SSSR count). The summed E-state index contributed by atoms with van der Waals surface area (Å²) in [6, 6.07) is 6.24. The largest absolute Gasteiger partial charge is 0.387 e. The molecule has 0 spiro atoms. The Morgan fingerprint density at radius 2 is 2.27 bits per heavy atom. The number of para-hydroxylation sites is 1. The van der Waals surface area contributed by atoms with Crippen LogP contribution < -0.4 is 5.32 Å². The average molecular weight is 205 g/mol. The predicted molar refractivity (Wildman–Crippen MR) is 65.3 cm³/mol. The maximum Gasteiger partial charge on any atom is 0.0890 e. The number of hydrogen-bond acceptors (Lipinski definition) is 2. The zero-order valence-electron chi connectivity index (χ0n) is 9.46. The fraction of sp³-hybridized carbons (Fsp3) is 0.385. The molecule has 0 aliphatic rings. The van der Waals surface area contributed by atoms with E-state index in [2.05, 4.69) is 43.9 Å². The molecule has 0 radical (unpaired) electrons. The number of aryl methyl sites for hydroxylation is 2. The summed E-state index contributed by atoms with van der Waals surface area (Å²) in [5.74, 6) is 0. The molecule has 0 bridgehead atoms. The Bertz CT molecular complexity index is 333.